The Labute approximate surface area is 106 Å². The molecule has 1 aliphatic carbocycles. The van der Waals surface area contributed by atoms with Crippen molar-refractivity contribution >= 4 is 11.6 Å². The molecule has 1 saturated carbocycles. The van der Waals surface area contributed by atoms with Gasteiger partial charge in [-0.3, -0.25) is 0 Å². The van der Waals surface area contributed by atoms with Crippen LogP contribution in [0.15, 0.2) is 12.1 Å². The number of benzene rings is 1. The number of hydrogen-bond acceptors (Lipinski definition) is 4. The molecular weight excluding hydrogens is 242 g/mol. The average molecular weight is 258 g/mol. The molecule has 0 spiro atoms. The van der Waals surface area contributed by atoms with Gasteiger partial charge in [0.2, 0.25) is 0 Å². The van der Waals surface area contributed by atoms with E-state index in [0.717, 1.165) is 18.4 Å². The van der Waals surface area contributed by atoms with Gasteiger partial charge in [0.25, 0.3) is 0 Å². The third-order valence-corrected chi connectivity index (χ3v) is 2.80. The van der Waals surface area contributed by atoms with Gasteiger partial charge in [0.1, 0.15) is 0 Å². The average Bonchev–Trinajstić information content (AvgIpc) is 3.13. The maximum atomic E-state index is 6.19. The second-order valence-electron chi connectivity index (χ2n) is 3.95. The first kappa shape index (κ1) is 12.5. The minimum absolute atomic E-state index is 0.296. The smallest absolute Gasteiger partial charge is 0.180 e. The van der Waals surface area contributed by atoms with Crippen molar-refractivity contribution in [1.29, 1.82) is 0 Å². The van der Waals surface area contributed by atoms with E-state index in [0.29, 0.717) is 29.2 Å². The molecular formula is C12H16ClNO3. The fraction of sp³-hybridized carbons (Fsp3) is 0.500. The molecule has 0 atom stereocenters. The Kier molecular flexibility index (Phi) is 4.10. The standard InChI is InChI=1S/C12H16ClNO3/c1-15-11-6-8(7-14-16-2)5-10(13)12(11)17-9-3-4-9/h5-6,9,14H,3-4,7H2,1-2H3. The first-order valence-electron chi connectivity index (χ1n) is 5.53. The van der Waals surface area contributed by atoms with E-state index in [4.69, 9.17) is 25.9 Å². The molecule has 1 aliphatic rings. The third-order valence-electron chi connectivity index (χ3n) is 2.52. The van der Waals surface area contributed by atoms with Crippen molar-refractivity contribution in [2.45, 2.75) is 25.5 Å². The summed E-state index contributed by atoms with van der Waals surface area (Å²) in [7, 11) is 3.18. The van der Waals surface area contributed by atoms with E-state index < -0.39 is 0 Å². The Morgan fingerprint density at radius 3 is 2.71 bits per heavy atom. The predicted octanol–water partition coefficient (Wildman–Crippen LogP) is 2.54. The molecule has 1 aromatic carbocycles. The molecule has 94 valence electrons. The molecule has 5 heteroatoms. The highest BCUT2D eigenvalue weighted by atomic mass is 35.5. The van der Waals surface area contributed by atoms with Crippen molar-refractivity contribution in [1.82, 2.24) is 5.48 Å². The van der Waals surface area contributed by atoms with E-state index in [9.17, 15) is 0 Å². The lowest BCUT2D eigenvalue weighted by Crippen LogP contribution is -2.11. The third kappa shape index (κ3) is 3.25. The van der Waals surface area contributed by atoms with Crippen LogP contribution in [0.25, 0.3) is 0 Å². The molecule has 0 aliphatic heterocycles. The quantitative estimate of drug-likeness (QED) is 0.795. The van der Waals surface area contributed by atoms with Crippen molar-refractivity contribution in [3.8, 4) is 11.5 Å². The zero-order valence-corrected chi connectivity index (χ0v) is 10.7. The number of nitrogens with one attached hydrogen (secondary N) is 1. The van der Waals surface area contributed by atoms with Gasteiger partial charge >= 0.3 is 0 Å². The molecule has 0 radical (unpaired) electrons. The van der Waals surface area contributed by atoms with E-state index in [1.807, 2.05) is 12.1 Å². The summed E-state index contributed by atoms with van der Waals surface area (Å²) in [6, 6.07) is 3.75. The van der Waals surface area contributed by atoms with Crippen LogP contribution < -0.4 is 15.0 Å². The molecule has 0 heterocycles. The zero-order valence-electron chi connectivity index (χ0n) is 9.96. The maximum absolute atomic E-state index is 6.19. The first-order chi connectivity index (χ1) is 8.24. The van der Waals surface area contributed by atoms with Crippen LogP contribution in [-0.2, 0) is 11.4 Å². The molecule has 1 N–H and O–H groups in total. The van der Waals surface area contributed by atoms with Gasteiger partial charge in [0, 0.05) is 6.54 Å². The summed E-state index contributed by atoms with van der Waals surface area (Å²) in [5.41, 5.74) is 3.74. The van der Waals surface area contributed by atoms with Crippen LogP contribution in [0.3, 0.4) is 0 Å². The molecule has 1 fully saturated rings. The minimum Gasteiger partial charge on any atom is -0.493 e. The summed E-state index contributed by atoms with van der Waals surface area (Å²) in [6.07, 6.45) is 2.48. The second-order valence-corrected chi connectivity index (χ2v) is 4.36. The van der Waals surface area contributed by atoms with Crippen molar-refractivity contribution in [3.05, 3.63) is 22.7 Å². The second kappa shape index (κ2) is 5.58. The fourth-order valence-electron chi connectivity index (χ4n) is 1.50. The van der Waals surface area contributed by atoms with Gasteiger partial charge in [-0.05, 0) is 30.5 Å². The van der Waals surface area contributed by atoms with Crippen LogP contribution in [0.1, 0.15) is 18.4 Å². The predicted molar refractivity (Wildman–Crippen MR) is 65.5 cm³/mol. The fourth-order valence-corrected chi connectivity index (χ4v) is 1.78. The van der Waals surface area contributed by atoms with Gasteiger partial charge in [0.05, 0.1) is 25.3 Å². The van der Waals surface area contributed by atoms with Gasteiger partial charge in [-0.15, -0.1) is 0 Å². The van der Waals surface area contributed by atoms with E-state index >= 15 is 0 Å². The van der Waals surface area contributed by atoms with Crippen molar-refractivity contribution in [2.24, 2.45) is 0 Å². The van der Waals surface area contributed by atoms with Crippen LogP contribution in [0, 0.1) is 0 Å². The number of methoxy groups -OCH3 is 1. The summed E-state index contributed by atoms with van der Waals surface area (Å²) in [4.78, 5) is 4.80. The number of rotatable bonds is 6. The molecule has 0 bridgehead atoms. The maximum Gasteiger partial charge on any atom is 0.180 e. The zero-order chi connectivity index (χ0) is 12.3. The highest BCUT2D eigenvalue weighted by Gasteiger charge is 2.26. The first-order valence-corrected chi connectivity index (χ1v) is 5.91. The molecule has 17 heavy (non-hydrogen) atoms. The number of ether oxygens (including phenoxy) is 2. The monoisotopic (exact) mass is 257 g/mol. The molecule has 4 nitrogen and oxygen atoms in total. The lowest BCUT2D eigenvalue weighted by Gasteiger charge is -2.13. The van der Waals surface area contributed by atoms with Gasteiger partial charge in [-0.25, -0.2) is 0 Å². The Bertz CT molecular complexity index is 394. The highest BCUT2D eigenvalue weighted by Crippen LogP contribution is 2.40. The van der Waals surface area contributed by atoms with Crippen LogP contribution in [0.5, 0.6) is 11.5 Å². The van der Waals surface area contributed by atoms with Crippen LogP contribution in [0.2, 0.25) is 5.02 Å². The lowest BCUT2D eigenvalue weighted by atomic mass is 10.2. The molecule has 0 unspecified atom stereocenters. The molecule has 2 rings (SSSR count). The summed E-state index contributed by atoms with van der Waals surface area (Å²) in [5, 5.41) is 0.573. The normalized spacial score (nSPS) is 14.8. The number of hydroxylamine groups is 1. The van der Waals surface area contributed by atoms with E-state index in [1.54, 1.807) is 14.2 Å². The molecule has 1 aromatic rings. The number of hydrogen-bond donors (Lipinski definition) is 1. The Hall–Kier alpha value is -0.970. The van der Waals surface area contributed by atoms with Gasteiger partial charge in [-0.1, -0.05) is 11.6 Å². The van der Waals surface area contributed by atoms with Gasteiger partial charge < -0.3 is 14.3 Å². The summed E-state index contributed by atoms with van der Waals surface area (Å²) in [6.45, 7) is 0.566. The lowest BCUT2D eigenvalue weighted by molar-refractivity contribution is 0.0866. The minimum atomic E-state index is 0.296. The Morgan fingerprint density at radius 1 is 1.35 bits per heavy atom. The molecule has 0 saturated heterocycles. The summed E-state index contributed by atoms with van der Waals surface area (Å²) < 4.78 is 11.0. The Balaban J connectivity index is 2.19. The van der Waals surface area contributed by atoms with Crippen LogP contribution in [-0.4, -0.2) is 20.3 Å². The van der Waals surface area contributed by atoms with E-state index in [1.165, 1.54) is 0 Å². The van der Waals surface area contributed by atoms with Crippen molar-refractivity contribution in [3.63, 3.8) is 0 Å². The highest BCUT2D eigenvalue weighted by molar-refractivity contribution is 6.32. The topological polar surface area (TPSA) is 39.7 Å². The van der Waals surface area contributed by atoms with Crippen molar-refractivity contribution < 1.29 is 14.3 Å². The molecule has 0 amide bonds. The van der Waals surface area contributed by atoms with E-state index in [2.05, 4.69) is 5.48 Å². The number of halogens is 1. The van der Waals surface area contributed by atoms with Gasteiger partial charge in [0.15, 0.2) is 11.5 Å². The molecule has 0 aromatic heterocycles. The van der Waals surface area contributed by atoms with Crippen LogP contribution >= 0.6 is 11.6 Å². The van der Waals surface area contributed by atoms with Crippen LogP contribution in [0.4, 0.5) is 0 Å². The van der Waals surface area contributed by atoms with E-state index in [-0.39, 0.29) is 0 Å². The van der Waals surface area contributed by atoms with Crippen molar-refractivity contribution in [2.75, 3.05) is 14.2 Å². The largest absolute Gasteiger partial charge is 0.493 e. The SMILES string of the molecule is CONCc1cc(Cl)c(OC2CC2)c(OC)c1. The Morgan fingerprint density at radius 2 is 2.12 bits per heavy atom. The summed E-state index contributed by atoms with van der Waals surface area (Å²) in [5.74, 6) is 1.30. The summed E-state index contributed by atoms with van der Waals surface area (Å²) >= 11 is 6.19. The van der Waals surface area contributed by atoms with Gasteiger partial charge in [-0.2, -0.15) is 5.48 Å².